The Morgan fingerprint density at radius 2 is 2.05 bits per heavy atom. The van der Waals surface area contributed by atoms with Gasteiger partial charge in [-0.05, 0) is 18.2 Å². The number of nitrogens with one attached hydrogen (secondary N) is 2. The second kappa shape index (κ2) is 5.16. The number of aromatic amines is 1. The Morgan fingerprint density at radius 3 is 2.70 bits per heavy atom. The topological polar surface area (TPSA) is 74.8 Å². The lowest BCUT2D eigenvalue weighted by Crippen LogP contribution is -2.23. The van der Waals surface area contributed by atoms with Gasteiger partial charge >= 0.3 is 6.18 Å². The average molecular weight is 283 g/mol. The minimum atomic E-state index is -4.51. The van der Waals surface area contributed by atoms with E-state index in [0.29, 0.717) is 0 Å². The van der Waals surface area contributed by atoms with Crippen molar-refractivity contribution in [2.24, 2.45) is 0 Å². The molecule has 0 aliphatic rings. The van der Waals surface area contributed by atoms with Crippen molar-refractivity contribution in [3.05, 3.63) is 58.3 Å². The Balaban J connectivity index is 2.25. The van der Waals surface area contributed by atoms with E-state index in [1.54, 1.807) is 0 Å². The highest BCUT2D eigenvalue weighted by molar-refractivity contribution is 6.03. The molecule has 0 atom stereocenters. The molecule has 20 heavy (non-hydrogen) atoms. The molecule has 1 aromatic heterocycles. The van der Waals surface area contributed by atoms with E-state index in [-0.39, 0.29) is 11.3 Å². The zero-order valence-corrected chi connectivity index (χ0v) is 9.86. The highest BCUT2D eigenvalue weighted by Gasteiger charge is 2.30. The van der Waals surface area contributed by atoms with E-state index in [4.69, 9.17) is 0 Å². The van der Waals surface area contributed by atoms with E-state index in [2.05, 4.69) is 15.3 Å². The van der Waals surface area contributed by atoms with Crippen molar-refractivity contribution in [2.45, 2.75) is 6.18 Å². The summed E-state index contributed by atoms with van der Waals surface area (Å²) in [6.07, 6.45) is -2.38. The molecule has 0 bridgehead atoms. The quantitative estimate of drug-likeness (QED) is 0.885. The van der Waals surface area contributed by atoms with Crippen molar-refractivity contribution in [2.75, 3.05) is 5.32 Å². The lowest BCUT2D eigenvalue weighted by Gasteiger charge is -2.09. The Hall–Kier alpha value is -2.64. The van der Waals surface area contributed by atoms with Crippen LogP contribution in [0.3, 0.4) is 0 Å². The molecule has 1 aromatic carbocycles. The number of carbonyl (C=O) groups is 1. The summed E-state index contributed by atoms with van der Waals surface area (Å²) in [7, 11) is 0. The van der Waals surface area contributed by atoms with Gasteiger partial charge in [-0.3, -0.25) is 9.59 Å². The lowest BCUT2D eigenvalue weighted by atomic mass is 10.2. The third-order valence-corrected chi connectivity index (χ3v) is 2.41. The SMILES string of the molecule is O=C(Nc1cccc(C(F)(F)F)c1)c1cnc[nH]c1=O. The molecule has 0 radical (unpaired) electrons. The van der Waals surface area contributed by atoms with Crippen LogP contribution in [0.2, 0.25) is 0 Å². The van der Waals surface area contributed by atoms with Crippen molar-refractivity contribution in [3.8, 4) is 0 Å². The molecule has 5 nitrogen and oxygen atoms in total. The van der Waals surface area contributed by atoms with E-state index in [1.807, 2.05) is 0 Å². The fourth-order valence-electron chi connectivity index (χ4n) is 1.48. The molecular formula is C12H8F3N3O2. The maximum Gasteiger partial charge on any atom is 0.416 e. The van der Waals surface area contributed by atoms with Crippen LogP contribution in [0.25, 0.3) is 0 Å². The monoisotopic (exact) mass is 283 g/mol. The summed E-state index contributed by atoms with van der Waals surface area (Å²) >= 11 is 0. The van der Waals surface area contributed by atoms with Gasteiger partial charge in [0.25, 0.3) is 11.5 Å². The Labute approximate surface area is 110 Å². The van der Waals surface area contributed by atoms with Crippen molar-refractivity contribution < 1.29 is 18.0 Å². The molecular weight excluding hydrogens is 275 g/mol. The molecule has 2 aromatic rings. The summed E-state index contributed by atoms with van der Waals surface area (Å²) in [4.78, 5) is 28.8. The largest absolute Gasteiger partial charge is 0.416 e. The number of carbonyl (C=O) groups excluding carboxylic acids is 1. The number of amides is 1. The number of halogens is 3. The van der Waals surface area contributed by atoms with Gasteiger partial charge in [-0.2, -0.15) is 13.2 Å². The standard InChI is InChI=1S/C12H8F3N3O2/c13-12(14,15)7-2-1-3-8(4-7)18-11(20)9-5-16-6-17-10(9)19/h1-6H,(H,18,20)(H,16,17,19). The van der Waals surface area contributed by atoms with Gasteiger partial charge in [0.1, 0.15) is 5.56 Å². The minimum absolute atomic E-state index is 0.0620. The molecule has 0 aliphatic carbocycles. The van der Waals surface area contributed by atoms with E-state index in [0.717, 1.165) is 30.7 Å². The number of benzene rings is 1. The molecule has 0 saturated carbocycles. The van der Waals surface area contributed by atoms with Crippen LogP contribution >= 0.6 is 0 Å². The third kappa shape index (κ3) is 3.02. The molecule has 0 fully saturated rings. The van der Waals surface area contributed by atoms with Crippen LogP contribution in [0.1, 0.15) is 15.9 Å². The number of nitrogens with zero attached hydrogens (tertiary/aromatic N) is 1. The zero-order valence-electron chi connectivity index (χ0n) is 9.86. The first-order chi connectivity index (χ1) is 9.38. The molecule has 2 rings (SSSR count). The van der Waals surface area contributed by atoms with Gasteiger partial charge in [0, 0.05) is 11.9 Å². The lowest BCUT2D eigenvalue weighted by molar-refractivity contribution is -0.137. The molecule has 0 saturated heterocycles. The van der Waals surface area contributed by atoms with Crippen LogP contribution < -0.4 is 10.9 Å². The molecule has 1 heterocycles. The molecule has 0 unspecified atom stereocenters. The van der Waals surface area contributed by atoms with Crippen LogP contribution in [-0.2, 0) is 6.18 Å². The second-order valence-electron chi connectivity index (χ2n) is 3.83. The fourth-order valence-corrected chi connectivity index (χ4v) is 1.48. The summed E-state index contributed by atoms with van der Waals surface area (Å²) in [5.41, 5.74) is -1.92. The third-order valence-electron chi connectivity index (χ3n) is 2.41. The normalized spacial score (nSPS) is 11.2. The average Bonchev–Trinajstić information content (AvgIpc) is 2.38. The summed E-state index contributed by atoms with van der Waals surface area (Å²) < 4.78 is 37.5. The predicted molar refractivity (Wildman–Crippen MR) is 64.3 cm³/mol. The van der Waals surface area contributed by atoms with Crippen LogP contribution in [0.4, 0.5) is 18.9 Å². The van der Waals surface area contributed by atoms with Crippen LogP contribution in [0, 0.1) is 0 Å². The van der Waals surface area contributed by atoms with Gasteiger partial charge in [-0.25, -0.2) is 4.98 Å². The first kappa shape index (κ1) is 13.8. The van der Waals surface area contributed by atoms with E-state index in [1.165, 1.54) is 6.07 Å². The molecule has 2 N–H and O–H groups in total. The smallest absolute Gasteiger partial charge is 0.322 e. The van der Waals surface area contributed by atoms with Gasteiger partial charge in [-0.1, -0.05) is 6.07 Å². The number of hydrogen-bond acceptors (Lipinski definition) is 3. The zero-order chi connectivity index (χ0) is 14.8. The van der Waals surface area contributed by atoms with Gasteiger partial charge in [0.2, 0.25) is 0 Å². The van der Waals surface area contributed by atoms with Gasteiger partial charge in [-0.15, -0.1) is 0 Å². The minimum Gasteiger partial charge on any atom is -0.322 e. The van der Waals surface area contributed by atoms with Crippen molar-refractivity contribution in [1.82, 2.24) is 9.97 Å². The number of aromatic nitrogens is 2. The summed E-state index contributed by atoms with van der Waals surface area (Å²) in [5.74, 6) is -0.835. The summed E-state index contributed by atoms with van der Waals surface area (Å²) in [5, 5.41) is 2.21. The first-order valence-corrected chi connectivity index (χ1v) is 5.39. The number of H-pyrrole nitrogens is 1. The molecule has 0 spiro atoms. The maximum absolute atomic E-state index is 12.5. The number of anilines is 1. The Bertz CT molecular complexity index is 695. The first-order valence-electron chi connectivity index (χ1n) is 5.39. The highest BCUT2D eigenvalue weighted by atomic mass is 19.4. The fraction of sp³-hybridized carbons (Fsp3) is 0.0833. The van der Waals surface area contributed by atoms with Gasteiger partial charge < -0.3 is 10.3 Å². The maximum atomic E-state index is 12.5. The van der Waals surface area contributed by atoms with Crippen LogP contribution in [0.5, 0.6) is 0 Å². The van der Waals surface area contributed by atoms with E-state index >= 15 is 0 Å². The van der Waals surface area contributed by atoms with Crippen molar-refractivity contribution in [3.63, 3.8) is 0 Å². The molecule has 8 heteroatoms. The van der Waals surface area contributed by atoms with E-state index in [9.17, 15) is 22.8 Å². The summed E-state index contributed by atoms with van der Waals surface area (Å²) in [6, 6.07) is 4.11. The highest BCUT2D eigenvalue weighted by Crippen LogP contribution is 2.30. The van der Waals surface area contributed by atoms with Crippen molar-refractivity contribution in [1.29, 1.82) is 0 Å². The molecule has 1 amide bonds. The number of rotatable bonds is 2. The van der Waals surface area contributed by atoms with Gasteiger partial charge in [0.05, 0.1) is 11.9 Å². The van der Waals surface area contributed by atoms with Crippen LogP contribution in [-0.4, -0.2) is 15.9 Å². The second-order valence-corrected chi connectivity index (χ2v) is 3.83. The van der Waals surface area contributed by atoms with Gasteiger partial charge in [0.15, 0.2) is 0 Å². The number of hydrogen-bond donors (Lipinski definition) is 2. The molecule has 0 aliphatic heterocycles. The van der Waals surface area contributed by atoms with Crippen LogP contribution in [0.15, 0.2) is 41.6 Å². The molecule has 104 valence electrons. The summed E-state index contributed by atoms with van der Waals surface area (Å²) in [6.45, 7) is 0. The predicted octanol–water partition coefficient (Wildman–Crippen LogP) is 2.04. The number of alkyl halides is 3. The van der Waals surface area contributed by atoms with Crippen molar-refractivity contribution >= 4 is 11.6 Å². The Morgan fingerprint density at radius 1 is 1.30 bits per heavy atom. The van der Waals surface area contributed by atoms with E-state index < -0.39 is 23.2 Å². The Kier molecular flexibility index (Phi) is 3.55.